The van der Waals surface area contributed by atoms with Crippen molar-refractivity contribution in [2.24, 2.45) is 0 Å². The molecule has 3 aromatic rings. The van der Waals surface area contributed by atoms with Crippen LogP contribution in [0.3, 0.4) is 0 Å². The molecule has 0 fully saturated rings. The molecule has 0 aromatic carbocycles. The fourth-order valence-electron chi connectivity index (χ4n) is 2.30. The number of aryl methyl sites for hydroxylation is 1. The van der Waals surface area contributed by atoms with E-state index in [9.17, 15) is 9.59 Å². The number of nitrogens with one attached hydrogen (secondary N) is 1. The first kappa shape index (κ1) is 17.4. The van der Waals surface area contributed by atoms with Gasteiger partial charge in [-0.1, -0.05) is 23.9 Å². The highest BCUT2D eigenvalue weighted by Gasteiger charge is 2.15. The molecule has 0 saturated carbocycles. The van der Waals surface area contributed by atoms with Gasteiger partial charge < -0.3 is 5.32 Å². The van der Waals surface area contributed by atoms with E-state index in [1.54, 1.807) is 17.4 Å². The summed E-state index contributed by atoms with van der Waals surface area (Å²) in [7, 11) is 0. The SMILES string of the molecule is CCCc1nnsc1C(=O)NCCn1nc(-c2cccs2)ccc1=O. The van der Waals surface area contributed by atoms with Crippen molar-refractivity contribution in [3.8, 4) is 10.6 Å². The van der Waals surface area contributed by atoms with Crippen LogP contribution in [0.15, 0.2) is 34.4 Å². The highest BCUT2D eigenvalue weighted by Crippen LogP contribution is 2.21. The predicted octanol–water partition coefficient (Wildman–Crippen LogP) is 2.21. The van der Waals surface area contributed by atoms with Crippen LogP contribution in [-0.4, -0.2) is 31.8 Å². The molecule has 1 amide bonds. The standard InChI is InChI=1S/C16H17N5O2S2/c1-2-4-12-15(25-20-18-12)16(23)17-8-9-21-14(22)7-6-11(19-21)13-5-3-10-24-13/h3,5-7,10H,2,4,8-9H2,1H3,(H,17,23). The Bertz CT molecular complexity index is 901. The van der Waals surface area contributed by atoms with Crippen LogP contribution < -0.4 is 10.9 Å². The summed E-state index contributed by atoms with van der Waals surface area (Å²) in [6, 6.07) is 7.10. The Morgan fingerprint density at radius 2 is 2.20 bits per heavy atom. The van der Waals surface area contributed by atoms with Crippen LogP contribution in [0.5, 0.6) is 0 Å². The number of rotatable bonds is 7. The molecule has 0 aliphatic rings. The van der Waals surface area contributed by atoms with E-state index in [2.05, 4.69) is 20.0 Å². The topological polar surface area (TPSA) is 89.8 Å². The van der Waals surface area contributed by atoms with Crippen LogP contribution in [0.2, 0.25) is 0 Å². The van der Waals surface area contributed by atoms with E-state index < -0.39 is 0 Å². The Labute approximate surface area is 152 Å². The van der Waals surface area contributed by atoms with Crippen LogP contribution in [0.25, 0.3) is 10.6 Å². The molecule has 0 bridgehead atoms. The van der Waals surface area contributed by atoms with Gasteiger partial charge in [-0.3, -0.25) is 9.59 Å². The van der Waals surface area contributed by atoms with E-state index in [0.29, 0.717) is 18.0 Å². The third-order valence-corrected chi connectivity index (χ3v) is 5.16. The van der Waals surface area contributed by atoms with Gasteiger partial charge in [-0.15, -0.1) is 16.4 Å². The Morgan fingerprint density at radius 1 is 1.32 bits per heavy atom. The van der Waals surface area contributed by atoms with Crippen molar-refractivity contribution in [1.82, 2.24) is 24.7 Å². The monoisotopic (exact) mass is 375 g/mol. The molecule has 130 valence electrons. The number of hydrogen-bond acceptors (Lipinski definition) is 7. The molecule has 25 heavy (non-hydrogen) atoms. The number of amides is 1. The number of nitrogens with zero attached hydrogens (tertiary/aromatic N) is 4. The van der Waals surface area contributed by atoms with Crippen LogP contribution in [-0.2, 0) is 13.0 Å². The Morgan fingerprint density at radius 3 is 2.96 bits per heavy atom. The van der Waals surface area contributed by atoms with E-state index in [0.717, 1.165) is 40.6 Å². The molecule has 0 spiro atoms. The fourth-order valence-corrected chi connectivity index (χ4v) is 3.62. The molecule has 3 rings (SSSR count). The number of hydrogen-bond donors (Lipinski definition) is 1. The highest BCUT2D eigenvalue weighted by atomic mass is 32.1. The van der Waals surface area contributed by atoms with E-state index >= 15 is 0 Å². The lowest BCUT2D eigenvalue weighted by atomic mass is 10.2. The van der Waals surface area contributed by atoms with E-state index in [4.69, 9.17) is 0 Å². The van der Waals surface area contributed by atoms with Gasteiger partial charge in [-0.25, -0.2) is 4.68 Å². The summed E-state index contributed by atoms with van der Waals surface area (Å²) in [5.74, 6) is -0.207. The zero-order chi connectivity index (χ0) is 17.6. The Hall–Kier alpha value is -2.39. The molecule has 7 nitrogen and oxygen atoms in total. The molecule has 0 radical (unpaired) electrons. The Balaban J connectivity index is 1.64. The number of carbonyl (C=O) groups is 1. The fraction of sp³-hybridized carbons (Fsp3) is 0.312. The molecule has 9 heteroatoms. The summed E-state index contributed by atoms with van der Waals surface area (Å²) in [5, 5.41) is 13.1. The van der Waals surface area contributed by atoms with Gasteiger partial charge >= 0.3 is 0 Å². The molecule has 1 N–H and O–H groups in total. The van der Waals surface area contributed by atoms with Gasteiger partial charge in [0.2, 0.25) is 0 Å². The minimum atomic E-state index is -0.207. The maximum atomic E-state index is 12.2. The average molecular weight is 375 g/mol. The van der Waals surface area contributed by atoms with Gasteiger partial charge in [-0.2, -0.15) is 5.10 Å². The first-order valence-electron chi connectivity index (χ1n) is 7.90. The maximum absolute atomic E-state index is 12.2. The second-order valence-corrected chi connectivity index (χ2v) is 7.01. The minimum Gasteiger partial charge on any atom is -0.349 e. The molecule has 0 atom stereocenters. The van der Waals surface area contributed by atoms with Crippen LogP contribution in [0, 0.1) is 0 Å². The summed E-state index contributed by atoms with van der Waals surface area (Å²) in [6.07, 6.45) is 1.63. The number of aromatic nitrogens is 4. The third kappa shape index (κ3) is 4.18. The minimum absolute atomic E-state index is 0.194. The lowest BCUT2D eigenvalue weighted by Gasteiger charge is -2.07. The van der Waals surface area contributed by atoms with Crippen molar-refractivity contribution in [3.05, 3.63) is 50.6 Å². The zero-order valence-corrected chi connectivity index (χ0v) is 15.3. The zero-order valence-electron chi connectivity index (χ0n) is 13.6. The van der Waals surface area contributed by atoms with Gasteiger partial charge in [-0.05, 0) is 35.5 Å². The normalized spacial score (nSPS) is 10.8. The summed E-state index contributed by atoms with van der Waals surface area (Å²) >= 11 is 2.66. The second kappa shape index (κ2) is 8.13. The lowest BCUT2D eigenvalue weighted by Crippen LogP contribution is -2.32. The third-order valence-electron chi connectivity index (χ3n) is 3.50. The Kier molecular flexibility index (Phi) is 5.67. The summed E-state index contributed by atoms with van der Waals surface area (Å²) < 4.78 is 5.21. The van der Waals surface area contributed by atoms with Gasteiger partial charge in [0.1, 0.15) is 10.6 Å². The van der Waals surface area contributed by atoms with Gasteiger partial charge in [0.25, 0.3) is 11.5 Å². The molecule has 0 unspecified atom stereocenters. The van der Waals surface area contributed by atoms with Crippen molar-refractivity contribution in [2.75, 3.05) is 6.54 Å². The molecule has 0 saturated heterocycles. The van der Waals surface area contributed by atoms with E-state index in [1.165, 1.54) is 10.7 Å². The second-order valence-electron chi connectivity index (χ2n) is 5.31. The average Bonchev–Trinajstić information content (AvgIpc) is 3.28. The molecule has 3 heterocycles. The number of carbonyl (C=O) groups excluding carboxylic acids is 1. The number of thiophene rings is 1. The molecule has 3 aromatic heterocycles. The quantitative estimate of drug-likeness (QED) is 0.684. The van der Waals surface area contributed by atoms with Crippen molar-refractivity contribution in [1.29, 1.82) is 0 Å². The predicted molar refractivity (Wildman–Crippen MR) is 98.0 cm³/mol. The van der Waals surface area contributed by atoms with Gasteiger partial charge in [0, 0.05) is 12.6 Å². The molecular formula is C16H17N5O2S2. The highest BCUT2D eigenvalue weighted by molar-refractivity contribution is 7.13. The van der Waals surface area contributed by atoms with Crippen molar-refractivity contribution < 1.29 is 4.79 Å². The van der Waals surface area contributed by atoms with Crippen molar-refractivity contribution in [2.45, 2.75) is 26.3 Å². The van der Waals surface area contributed by atoms with Crippen LogP contribution >= 0.6 is 22.9 Å². The first-order valence-corrected chi connectivity index (χ1v) is 9.56. The van der Waals surface area contributed by atoms with Gasteiger partial charge in [0.05, 0.1) is 17.1 Å². The molecule has 0 aliphatic carbocycles. The van der Waals surface area contributed by atoms with Gasteiger partial charge in [0.15, 0.2) is 0 Å². The summed E-state index contributed by atoms with van der Waals surface area (Å²) in [6.45, 7) is 2.64. The van der Waals surface area contributed by atoms with Crippen molar-refractivity contribution >= 4 is 28.8 Å². The van der Waals surface area contributed by atoms with E-state index in [1.807, 2.05) is 24.4 Å². The maximum Gasteiger partial charge on any atom is 0.266 e. The summed E-state index contributed by atoms with van der Waals surface area (Å²) in [4.78, 5) is 25.7. The molecule has 0 aliphatic heterocycles. The smallest absolute Gasteiger partial charge is 0.266 e. The van der Waals surface area contributed by atoms with Crippen molar-refractivity contribution in [3.63, 3.8) is 0 Å². The first-order chi connectivity index (χ1) is 12.2. The van der Waals surface area contributed by atoms with Crippen LogP contribution in [0.1, 0.15) is 28.7 Å². The molecular weight excluding hydrogens is 358 g/mol. The summed E-state index contributed by atoms with van der Waals surface area (Å²) in [5.41, 5.74) is 1.28. The van der Waals surface area contributed by atoms with Crippen LogP contribution in [0.4, 0.5) is 0 Å². The van der Waals surface area contributed by atoms with E-state index in [-0.39, 0.29) is 11.5 Å². The lowest BCUT2D eigenvalue weighted by molar-refractivity contribution is 0.0954. The largest absolute Gasteiger partial charge is 0.349 e.